The average molecular weight is 440 g/mol. The van der Waals surface area contributed by atoms with Gasteiger partial charge in [0.15, 0.2) is 5.78 Å². The molecule has 0 spiro atoms. The summed E-state index contributed by atoms with van der Waals surface area (Å²) in [5.74, 6) is 1.54. The van der Waals surface area contributed by atoms with Crippen LogP contribution in [0.5, 0.6) is 5.75 Å². The molecule has 1 atom stereocenters. The fourth-order valence-corrected chi connectivity index (χ4v) is 4.45. The summed E-state index contributed by atoms with van der Waals surface area (Å²) in [7, 11) is 0. The molecule has 0 radical (unpaired) electrons. The second kappa shape index (κ2) is 8.90. The third-order valence-corrected chi connectivity index (χ3v) is 6.03. The van der Waals surface area contributed by atoms with Crippen LogP contribution in [0.25, 0.3) is 11.0 Å². The van der Waals surface area contributed by atoms with Crippen molar-refractivity contribution in [2.24, 2.45) is 0 Å². The number of amides is 1. The van der Waals surface area contributed by atoms with Crippen LogP contribution in [0.1, 0.15) is 35.4 Å². The van der Waals surface area contributed by atoms with Crippen molar-refractivity contribution in [1.29, 1.82) is 0 Å². The normalized spacial score (nSPS) is 15.8. The lowest BCUT2D eigenvalue weighted by atomic mass is 10.1. The van der Waals surface area contributed by atoms with E-state index in [1.165, 1.54) is 0 Å². The number of ketones is 1. The van der Waals surface area contributed by atoms with Crippen LogP contribution in [-0.4, -0.2) is 34.4 Å². The molecule has 6 heteroatoms. The third kappa shape index (κ3) is 4.12. The highest BCUT2D eigenvalue weighted by Gasteiger charge is 2.35. The quantitative estimate of drug-likeness (QED) is 0.387. The summed E-state index contributed by atoms with van der Waals surface area (Å²) in [5, 5.41) is 0. The summed E-state index contributed by atoms with van der Waals surface area (Å²) in [6.45, 7) is 3.25. The number of fused-ring (bicyclic) bond motifs is 1. The van der Waals surface area contributed by atoms with Crippen molar-refractivity contribution in [3.8, 4) is 5.75 Å². The molecule has 1 unspecified atom stereocenters. The molecule has 5 rings (SSSR count). The molecule has 0 N–H and O–H groups in total. The van der Waals surface area contributed by atoms with Gasteiger partial charge in [0.2, 0.25) is 5.91 Å². The lowest BCUT2D eigenvalue weighted by molar-refractivity contribution is -0.117. The van der Waals surface area contributed by atoms with Gasteiger partial charge in [0.25, 0.3) is 0 Å². The van der Waals surface area contributed by atoms with E-state index in [0.29, 0.717) is 25.1 Å². The largest absolute Gasteiger partial charge is 0.494 e. The van der Waals surface area contributed by atoms with Gasteiger partial charge in [0, 0.05) is 30.1 Å². The lowest BCUT2D eigenvalue weighted by Gasteiger charge is -2.18. The topological polar surface area (TPSA) is 64.4 Å². The smallest absolute Gasteiger partial charge is 0.227 e. The Morgan fingerprint density at radius 3 is 2.48 bits per heavy atom. The first-order valence-electron chi connectivity index (χ1n) is 11.2. The molecular formula is C27H25N3O3. The first-order chi connectivity index (χ1) is 16.1. The van der Waals surface area contributed by atoms with E-state index in [0.717, 1.165) is 28.3 Å². The molecule has 33 heavy (non-hydrogen) atoms. The molecule has 1 amide bonds. The molecule has 0 aliphatic carbocycles. The minimum Gasteiger partial charge on any atom is -0.494 e. The summed E-state index contributed by atoms with van der Waals surface area (Å²) in [6.07, 6.45) is 0.357. The number of para-hydroxylation sites is 2. The monoisotopic (exact) mass is 439 g/mol. The fraction of sp³-hybridized carbons (Fsp3) is 0.222. The summed E-state index contributed by atoms with van der Waals surface area (Å²) in [4.78, 5) is 32.6. The van der Waals surface area contributed by atoms with Crippen molar-refractivity contribution >= 4 is 28.4 Å². The second-order valence-electron chi connectivity index (χ2n) is 8.17. The predicted molar refractivity (Wildman–Crippen MR) is 128 cm³/mol. The number of nitrogens with zero attached hydrogens (tertiary/aromatic N) is 3. The molecule has 1 aromatic heterocycles. The molecule has 2 heterocycles. The maximum absolute atomic E-state index is 13.0. The second-order valence-corrected chi connectivity index (χ2v) is 8.17. The average Bonchev–Trinajstić information content (AvgIpc) is 3.41. The number of Topliss-reactive ketones (excluding diaryl/α,β-unsaturated/α-hetero) is 1. The van der Waals surface area contributed by atoms with Gasteiger partial charge in [-0.3, -0.25) is 9.59 Å². The molecule has 0 saturated carbocycles. The van der Waals surface area contributed by atoms with E-state index >= 15 is 0 Å². The standard InChI is InChI=1S/C27H25N3O3/c1-2-33-22-14-12-21(13-15-22)29-17-20(16-26(29)32)27-28-23-10-6-7-11-24(23)30(27)18-25(31)19-8-4-3-5-9-19/h3-15,20H,2,16-18H2,1H3. The molecule has 1 fully saturated rings. The Morgan fingerprint density at radius 1 is 1.00 bits per heavy atom. The Kier molecular flexibility index (Phi) is 5.65. The van der Waals surface area contributed by atoms with Crippen molar-refractivity contribution in [1.82, 2.24) is 9.55 Å². The number of ether oxygens (including phenoxy) is 1. The summed E-state index contributed by atoms with van der Waals surface area (Å²) >= 11 is 0. The highest BCUT2D eigenvalue weighted by molar-refractivity contribution is 5.98. The molecule has 1 saturated heterocycles. The van der Waals surface area contributed by atoms with E-state index in [1.54, 1.807) is 4.90 Å². The zero-order valence-electron chi connectivity index (χ0n) is 18.5. The molecule has 166 valence electrons. The number of aromatic nitrogens is 2. The van der Waals surface area contributed by atoms with Crippen molar-refractivity contribution in [3.05, 3.63) is 90.3 Å². The van der Waals surface area contributed by atoms with E-state index in [2.05, 4.69) is 0 Å². The van der Waals surface area contributed by atoms with Gasteiger partial charge in [-0.05, 0) is 43.3 Å². The van der Waals surface area contributed by atoms with Gasteiger partial charge in [0.05, 0.1) is 24.2 Å². The van der Waals surface area contributed by atoms with Crippen LogP contribution in [0.3, 0.4) is 0 Å². The van der Waals surface area contributed by atoms with Crippen LogP contribution in [0.4, 0.5) is 5.69 Å². The van der Waals surface area contributed by atoms with Gasteiger partial charge in [-0.2, -0.15) is 0 Å². The number of benzene rings is 3. The zero-order valence-corrected chi connectivity index (χ0v) is 18.5. The highest BCUT2D eigenvalue weighted by Crippen LogP contribution is 2.34. The SMILES string of the molecule is CCOc1ccc(N2CC(c3nc4ccccc4n3CC(=O)c3ccccc3)CC2=O)cc1. The van der Waals surface area contributed by atoms with Gasteiger partial charge in [-0.15, -0.1) is 0 Å². The number of hydrogen-bond donors (Lipinski definition) is 0. The van der Waals surface area contributed by atoms with Crippen LogP contribution in [0.15, 0.2) is 78.9 Å². The molecule has 1 aliphatic rings. The Balaban J connectivity index is 1.45. The van der Waals surface area contributed by atoms with Gasteiger partial charge in [-0.1, -0.05) is 42.5 Å². The van der Waals surface area contributed by atoms with Gasteiger partial charge in [0.1, 0.15) is 11.6 Å². The molecule has 4 aromatic rings. The van der Waals surface area contributed by atoms with Crippen LogP contribution in [0, 0.1) is 0 Å². The minimum atomic E-state index is -0.0972. The minimum absolute atomic E-state index is 0.0210. The lowest BCUT2D eigenvalue weighted by Crippen LogP contribution is -2.24. The maximum atomic E-state index is 13.0. The summed E-state index contributed by atoms with van der Waals surface area (Å²) in [5.41, 5.74) is 3.25. The number of hydrogen-bond acceptors (Lipinski definition) is 4. The summed E-state index contributed by atoms with van der Waals surface area (Å²) in [6, 6.07) is 24.7. The first kappa shape index (κ1) is 20.9. The number of rotatable bonds is 7. The number of carbonyl (C=O) groups is 2. The maximum Gasteiger partial charge on any atom is 0.227 e. The summed E-state index contributed by atoms with van der Waals surface area (Å²) < 4.78 is 7.49. The zero-order chi connectivity index (χ0) is 22.8. The number of carbonyl (C=O) groups excluding carboxylic acids is 2. The highest BCUT2D eigenvalue weighted by atomic mass is 16.5. The fourth-order valence-electron chi connectivity index (χ4n) is 4.45. The van der Waals surface area contributed by atoms with E-state index in [4.69, 9.17) is 9.72 Å². The van der Waals surface area contributed by atoms with Crippen molar-refractivity contribution in [2.75, 3.05) is 18.1 Å². The Morgan fingerprint density at radius 2 is 1.73 bits per heavy atom. The van der Waals surface area contributed by atoms with Crippen LogP contribution >= 0.6 is 0 Å². The van der Waals surface area contributed by atoms with E-state index < -0.39 is 0 Å². The van der Waals surface area contributed by atoms with Crippen molar-refractivity contribution in [3.63, 3.8) is 0 Å². The van der Waals surface area contributed by atoms with Crippen LogP contribution < -0.4 is 9.64 Å². The van der Waals surface area contributed by atoms with Gasteiger partial charge >= 0.3 is 0 Å². The number of imidazole rings is 1. The van der Waals surface area contributed by atoms with Crippen molar-refractivity contribution < 1.29 is 14.3 Å². The van der Waals surface area contributed by atoms with Crippen LogP contribution in [0.2, 0.25) is 0 Å². The van der Waals surface area contributed by atoms with E-state index in [1.807, 2.05) is 90.4 Å². The Labute approximate surface area is 192 Å². The number of anilines is 1. The van der Waals surface area contributed by atoms with E-state index in [9.17, 15) is 9.59 Å². The Hall–Kier alpha value is -3.93. The molecule has 3 aromatic carbocycles. The molecule has 6 nitrogen and oxygen atoms in total. The van der Waals surface area contributed by atoms with Gasteiger partial charge < -0.3 is 14.2 Å². The first-order valence-corrected chi connectivity index (χ1v) is 11.2. The third-order valence-electron chi connectivity index (χ3n) is 6.03. The molecule has 1 aliphatic heterocycles. The molecular weight excluding hydrogens is 414 g/mol. The predicted octanol–water partition coefficient (Wildman–Crippen LogP) is 4.84. The van der Waals surface area contributed by atoms with Gasteiger partial charge in [-0.25, -0.2) is 4.98 Å². The van der Waals surface area contributed by atoms with Crippen LogP contribution in [-0.2, 0) is 11.3 Å². The Bertz CT molecular complexity index is 1300. The molecule has 0 bridgehead atoms. The van der Waals surface area contributed by atoms with E-state index in [-0.39, 0.29) is 24.2 Å². The van der Waals surface area contributed by atoms with Crippen molar-refractivity contribution in [2.45, 2.75) is 25.8 Å².